The van der Waals surface area contributed by atoms with E-state index in [9.17, 15) is 9.59 Å². The van der Waals surface area contributed by atoms with Crippen LogP contribution < -0.4 is 5.32 Å². The van der Waals surface area contributed by atoms with E-state index in [4.69, 9.17) is 4.42 Å². The second-order valence-corrected chi connectivity index (χ2v) is 6.69. The molecule has 1 aromatic heterocycles. The minimum Gasteiger partial charge on any atom is -0.431 e. The van der Waals surface area contributed by atoms with Gasteiger partial charge in [0, 0.05) is 26.2 Å². The summed E-state index contributed by atoms with van der Waals surface area (Å²) in [6.45, 7) is 0.473. The highest BCUT2D eigenvalue weighted by molar-refractivity contribution is 7.99. The molecule has 3 rings (SSSR count). The van der Waals surface area contributed by atoms with Crippen LogP contribution in [0.4, 0.5) is 0 Å². The van der Waals surface area contributed by atoms with Crippen LogP contribution in [-0.2, 0) is 11.3 Å². The van der Waals surface area contributed by atoms with E-state index in [1.54, 1.807) is 31.1 Å². The minimum absolute atomic E-state index is 0.0207. The number of aromatic nitrogens is 1. The number of carbonyl (C=O) groups is 2. The van der Waals surface area contributed by atoms with Gasteiger partial charge >= 0.3 is 0 Å². The molecule has 1 N–H and O–H groups in total. The zero-order valence-corrected chi connectivity index (χ0v) is 15.4. The van der Waals surface area contributed by atoms with E-state index >= 15 is 0 Å². The number of fused-ring (bicyclic) bond motifs is 1. The van der Waals surface area contributed by atoms with Gasteiger partial charge in [-0.2, -0.15) is 0 Å². The van der Waals surface area contributed by atoms with Crippen LogP contribution in [0.2, 0.25) is 0 Å². The molecule has 0 atom stereocenters. The van der Waals surface area contributed by atoms with E-state index in [2.05, 4.69) is 10.3 Å². The van der Waals surface area contributed by atoms with Gasteiger partial charge in [-0.1, -0.05) is 36.0 Å². The molecular weight excluding hydrogens is 350 g/mol. The molecule has 0 aliphatic heterocycles. The summed E-state index contributed by atoms with van der Waals surface area (Å²) in [7, 11) is 3.35. The van der Waals surface area contributed by atoms with E-state index in [-0.39, 0.29) is 17.6 Å². The molecule has 0 saturated heterocycles. The quantitative estimate of drug-likeness (QED) is 0.676. The summed E-state index contributed by atoms with van der Waals surface area (Å²) >= 11 is 1.28. The SMILES string of the molecule is CNC(=O)c1ccc(CN(C)C(=O)CSc2nc3ccccc3o2)cc1. The number of para-hydroxylation sites is 2. The zero-order valence-electron chi connectivity index (χ0n) is 14.6. The first-order valence-corrected chi connectivity index (χ1v) is 9.08. The number of nitrogens with zero attached hydrogens (tertiary/aromatic N) is 2. The number of oxazole rings is 1. The number of carbonyl (C=O) groups excluding carboxylic acids is 2. The Morgan fingerprint density at radius 2 is 1.88 bits per heavy atom. The summed E-state index contributed by atoms with van der Waals surface area (Å²) in [6, 6.07) is 14.7. The molecule has 0 radical (unpaired) electrons. The largest absolute Gasteiger partial charge is 0.431 e. The first-order chi connectivity index (χ1) is 12.6. The number of rotatable bonds is 6. The van der Waals surface area contributed by atoms with Gasteiger partial charge in [0.2, 0.25) is 5.91 Å². The highest BCUT2D eigenvalue weighted by Crippen LogP contribution is 2.23. The van der Waals surface area contributed by atoms with Crippen molar-refractivity contribution in [3.05, 3.63) is 59.7 Å². The standard InChI is InChI=1S/C19H19N3O3S/c1-20-18(24)14-9-7-13(8-10-14)11-22(2)17(23)12-26-19-21-15-5-3-4-6-16(15)25-19/h3-10H,11-12H2,1-2H3,(H,20,24). The molecule has 0 aliphatic rings. The van der Waals surface area contributed by atoms with Crippen molar-refractivity contribution in [3.8, 4) is 0 Å². The highest BCUT2D eigenvalue weighted by atomic mass is 32.2. The van der Waals surface area contributed by atoms with Crippen molar-refractivity contribution in [1.29, 1.82) is 0 Å². The van der Waals surface area contributed by atoms with Crippen LogP contribution in [0.15, 0.2) is 58.2 Å². The van der Waals surface area contributed by atoms with Crippen LogP contribution in [0.5, 0.6) is 0 Å². The summed E-state index contributed by atoms with van der Waals surface area (Å²) in [5.41, 5.74) is 3.05. The molecule has 2 aromatic carbocycles. The van der Waals surface area contributed by atoms with Gasteiger partial charge in [-0.15, -0.1) is 0 Å². The fraction of sp³-hybridized carbons (Fsp3) is 0.211. The number of amides is 2. The molecule has 0 bridgehead atoms. The van der Waals surface area contributed by atoms with Crippen molar-refractivity contribution in [3.63, 3.8) is 0 Å². The Balaban J connectivity index is 1.55. The molecule has 0 saturated carbocycles. The number of thioether (sulfide) groups is 1. The highest BCUT2D eigenvalue weighted by Gasteiger charge is 2.13. The average Bonchev–Trinajstić information content (AvgIpc) is 3.09. The van der Waals surface area contributed by atoms with Crippen molar-refractivity contribution in [2.45, 2.75) is 11.8 Å². The van der Waals surface area contributed by atoms with E-state index in [0.717, 1.165) is 11.1 Å². The molecule has 3 aromatic rings. The first-order valence-electron chi connectivity index (χ1n) is 8.10. The third-order valence-electron chi connectivity index (χ3n) is 3.88. The minimum atomic E-state index is -0.129. The Morgan fingerprint density at radius 3 is 2.58 bits per heavy atom. The smallest absolute Gasteiger partial charge is 0.257 e. The van der Waals surface area contributed by atoms with Crippen molar-refractivity contribution in [1.82, 2.24) is 15.2 Å². The van der Waals surface area contributed by atoms with Gasteiger partial charge in [0.25, 0.3) is 11.1 Å². The Labute approximate surface area is 155 Å². The fourth-order valence-electron chi connectivity index (χ4n) is 2.41. The number of hydrogen-bond donors (Lipinski definition) is 1. The van der Waals surface area contributed by atoms with E-state index in [1.165, 1.54) is 11.8 Å². The number of nitrogens with one attached hydrogen (secondary N) is 1. The monoisotopic (exact) mass is 369 g/mol. The van der Waals surface area contributed by atoms with Gasteiger partial charge in [0.15, 0.2) is 5.58 Å². The zero-order chi connectivity index (χ0) is 18.5. The van der Waals surface area contributed by atoms with Crippen LogP contribution in [0.3, 0.4) is 0 Å². The van der Waals surface area contributed by atoms with Gasteiger partial charge in [-0.3, -0.25) is 9.59 Å². The van der Waals surface area contributed by atoms with Gasteiger partial charge < -0.3 is 14.6 Å². The molecule has 0 fully saturated rings. The molecule has 2 amide bonds. The third kappa shape index (κ3) is 4.23. The van der Waals surface area contributed by atoms with Gasteiger partial charge in [0.1, 0.15) is 5.52 Å². The normalized spacial score (nSPS) is 10.7. The maximum Gasteiger partial charge on any atom is 0.257 e. The predicted molar refractivity (Wildman–Crippen MR) is 101 cm³/mol. The van der Waals surface area contributed by atoms with Crippen molar-refractivity contribution in [2.24, 2.45) is 0 Å². The Bertz CT molecular complexity index is 888. The topological polar surface area (TPSA) is 75.4 Å². The Kier molecular flexibility index (Phi) is 5.58. The molecule has 0 aliphatic carbocycles. The van der Waals surface area contributed by atoms with Gasteiger partial charge in [-0.25, -0.2) is 4.98 Å². The molecule has 6 nitrogen and oxygen atoms in total. The summed E-state index contributed by atoms with van der Waals surface area (Å²) in [5, 5.41) is 3.07. The Hall–Kier alpha value is -2.80. The van der Waals surface area contributed by atoms with Gasteiger partial charge in [-0.05, 0) is 29.8 Å². The van der Waals surface area contributed by atoms with Crippen LogP contribution in [0.25, 0.3) is 11.1 Å². The van der Waals surface area contributed by atoms with Crippen LogP contribution in [0.1, 0.15) is 15.9 Å². The van der Waals surface area contributed by atoms with E-state index in [1.807, 2.05) is 36.4 Å². The second kappa shape index (κ2) is 8.05. The molecule has 1 heterocycles. The number of benzene rings is 2. The van der Waals surface area contributed by atoms with E-state index in [0.29, 0.717) is 22.9 Å². The summed E-state index contributed by atoms with van der Waals surface area (Å²) in [6.07, 6.45) is 0. The molecule has 0 unspecified atom stereocenters. The molecule has 7 heteroatoms. The lowest BCUT2D eigenvalue weighted by Crippen LogP contribution is -2.27. The predicted octanol–water partition coefficient (Wildman–Crippen LogP) is 2.94. The maximum absolute atomic E-state index is 12.3. The molecule has 26 heavy (non-hydrogen) atoms. The fourth-order valence-corrected chi connectivity index (χ4v) is 3.19. The van der Waals surface area contributed by atoms with Crippen molar-refractivity contribution in [2.75, 3.05) is 19.8 Å². The first kappa shape index (κ1) is 18.0. The van der Waals surface area contributed by atoms with Gasteiger partial charge in [0.05, 0.1) is 5.75 Å². The second-order valence-electron chi connectivity index (χ2n) is 5.76. The van der Waals surface area contributed by atoms with E-state index < -0.39 is 0 Å². The lowest BCUT2D eigenvalue weighted by atomic mass is 10.1. The van der Waals surface area contributed by atoms with Crippen LogP contribution in [-0.4, -0.2) is 41.5 Å². The van der Waals surface area contributed by atoms with Crippen molar-refractivity contribution < 1.29 is 14.0 Å². The van der Waals surface area contributed by atoms with Crippen LogP contribution in [0, 0.1) is 0 Å². The molecular formula is C19H19N3O3S. The molecule has 0 spiro atoms. The number of hydrogen-bond acceptors (Lipinski definition) is 5. The van der Waals surface area contributed by atoms with Crippen LogP contribution >= 0.6 is 11.8 Å². The summed E-state index contributed by atoms with van der Waals surface area (Å²) in [5.74, 6) is 0.1000. The third-order valence-corrected chi connectivity index (χ3v) is 4.69. The lowest BCUT2D eigenvalue weighted by molar-refractivity contribution is -0.127. The Morgan fingerprint density at radius 1 is 1.15 bits per heavy atom. The summed E-state index contributed by atoms with van der Waals surface area (Å²) < 4.78 is 5.61. The maximum atomic E-state index is 12.3. The van der Waals surface area contributed by atoms with Crippen molar-refractivity contribution >= 4 is 34.7 Å². The average molecular weight is 369 g/mol. The summed E-state index contributed by atoms with van der Waals surface area (Å²) in [4.78, 5) is 29.9. The lowest BCUT2D eigenvalue weighted by Gasteiger charge is -2.16. The molecule has 134 valence electrons.